The molecule has 0 bridgehead atoms. The number of halogens is 2. The molecule has 6 nitrogen and oxygen atoms in total. The monoisotopic (exact) mass is 1330 g/mol. The van der Waals surface area contributed by atoms with Crippen LogP contribution < -0.4 is 4.74 Å². The van der Waals surface area contributed by atoms with Gasteiger partial charge in [-0.3, -0.25) is 0 Å². The highest BCUT2D eigenvalue weighted by Crippen LogP contribution is 2.54. The topological polar surface area (TPSA) is 68.8 Å². The van der Waals surface area contributed by atoms with Gasteiger partial charge in [-0.05, 0) is 230 Å². The number of phenols is 1. The number of aliphatic hydroxyl groups is 1. The third kappa shape index (κ3) is 15.0. The summed E-state index contributed by atoms with van der Waals surface area (Å²) in [5.41, 5.74) is 16.3. The van der Waals surface area contributed by atoms with Gasteiger partial charge in [0.1, 0.15) is 17.5 Å². The van der Waals surface area contributed by atoms with E-state index < -0.39 is 11.8 Å². The van der Waals surface area contributed by atoms with Gasteiger partial charge in [-0.15, -0.1) is 0 Å². The maximum atomic E-state index is 14.2. The third-order valence-corrected chi connectivity index (χ3v) is 20.5. The zero-order valence-electron chi connectivity index (χ0n) is 62.7. The normalized spacial score (nSPS) is 16.6. The Kier molecular flexibility index (Phi) is 19.5. The second-order valence-electron chi connectivity index (χ2n) is 36.3. The molecule has 1 aliphatic carbocycles. The number of aromatic hydroxyl groups is 1. The van der Waals surface area contributed by atoms with Gasteiger partial charge in [-0.25, -0.2) is 0 Å². The van der Waals surface area contributed by atoms with E-state index >= 15 is 0 Å². The van der Waals surface area contributed by atoms with Crippen LogP contribution in [0, 0.1) is 30.1 Å². The number of benzene rings is 7. The standard InChI is InChI=1S/C88H112Cl2N2O4/c1-54-39-56(42-63(89)40-54)71-48-62(87(23,24)53-81(6,7)8)50-77(92-74-35-31-59(84(15,16)17)45-67(74)68-46-60(85(18,19)20)32-36-75(68)92)88(71,94)96-38-28-26-25-27-37-95-79-55(2)41-64(90)51-70(79)69-47-61(86(21,22)52-80(3,4)5)49-76(78(69)93)91-72-33-29-57(82(9,10)11)43-65(72)66-44-58(83(12,13)14)30-34-73(66)91/h29-36,39-51,77,93-94H,25-28,37-38,52-53H2,1-24H3. The first-order chi connectivity index (χ1) is 44.3. The quantitative estimate of drug-likeness (QED) is 0.0704. The van der Waals surface area contributed by atoms with Crippen LogP contribution in [0.25, 0.3) is 66.0 Å². The first-order valence-corrected chi connectivity index (χ1v) is 36.1. The maximum Gasteiger partial charge on any atom is 0.218 e. The van der Waals surface area contributed by atoms with E-state index in [0.29, 0.717) is 46.6 Å². The molecule has 2 N–H and O–H groups in total. The highest BCUT2D eigenvalue weighted by atomic mass is 35.5. The van der Waals surface area contributed by atoms with E-state index in [9.17, 15) is 10.2 Å². The van der Waals surface area contributed by atoms with Gasteiger partial charge in [0, 0.05) is 59.3 Å². The summed E-state index contributed by atoms with van der Waals surface area (Å²) < 4.78 is 18.9. The first-order valence-electron chi connectivity index (χ1n) is 35.3. The van der Waals surface area contributed by atoms with Crippen molar-refractivity contribution >= 4 is 72.4 Å². The van der Waals surface area contributed by atoms with Crippen LogP contribution in [0.2, 0.25) is 10.0 Å². The van der Waals surface area contributed by atoms with Crippen LogP contribution in [-0.2, 0) is 31.8 Å². The molecule has 0 radical (unpaired) electrons. The molecule has 2 aromatic heterocycles. The van der Waals surface area contributed by atoms with Crippen molar-refractivity contribution in [3.05, 3.63) is 188 Å². The van der Waals surface area contributed by atoms with E-state index in [4.69, 9.17) is 32.7 Å². The van der Waals surface area contributed by atoms with Crippen molar-refractivity contribution in [1.29, 1.82) is 0 Å². The summed E-state index contributed by atoms with van der Waals surface area (Å²) in [6, 6.07) is 41.3. The van der Waals surface area contributed by atoms with Crippen molar-refractivity contribution in [2.24, 2.45) is 16.2 Å². The van der Waals surface area contributed by atoms with Gasteiger partial charge >= 0.3 is 0 Å². The Hall–Kier alpha value is -6.28. The van der Waals surface area contributed by atoms with Crippen LogP contribution in [0.5, 0.6) is 11.5 Å². The molecular weight excluding hydrogens is 1220 g/mol. The highest BCUT2D eigenvalue weighted by Gasteiger charge is 2.48. The minimum absolute atomic E-state index is 0.0222. The van der Waals surface area contributed by atoms with Crippen molar-refractivity contribution in [1.82, 2.24) is 9.13 Å². The smallest absolute Gasteiger partial charge is 0.218 e. The second-order valence-corrected chi connectivity index (χ2v) is 37.2. The predicted octanol–water partition coefficient (Wildman–Crippen LogP) is 25.5. The second kappa shape index (κ2) is 25.8. The number of hydrogen-bond donors (Lipinski definition) is 2. The molecule has 8 heteroatoms. The van der Waals surface area contributed by atoms with Crippen LogP contribution in [-0.4, -0.2) is 38.3 Å². The lowest BCUT2D eigenvalue weighted by atomic mass is 9.68. The Morgan fingerprint density at radius 1 is 0.469 bits per heavy atom. The lowest BCUT2D eigenvalue weighted by molar-refractivity contribution is -0.178. The first kappa shape index (κ1) is 72.5. The Bertz CT molecular complexity index is 4340. The van der Waals surface area contributed by atoms with Gasteiger partial charge in [-0.2, -0.15) is 0 Å². The number of rotatable bonds is 17. The van der Waals surface area contributed by atoms with Crippen molar-refractivity contribution in [2.45, 2.75) is 244 Å². The predicted molar refractivity (Wildman–Crippen MR) is 413 cm³/mol. The lowest BCUT2D eigenvalue weighted by Crippen LogP contribution is -2.45. The van der Waals surface area contributed by atoms with Crippen molar-refractivity contribution < 1.29 is 19.7 Å². The van der Waals surface area contributed by atoms with E-state index in [1.165, 1.54) is 22.3 Å². The molecule has 2 atom stereocenters. The van der Waals surface area contributed by atoms with E-state index in [2.05, 4.69) is 272 Å². The summed E-state index contributed by atoms with van der Waals surface area (Å²) in [5.74, 6) is -0.939. The highest BCUT2D eigenvalue weighted by molar-refractivity contribution is 6.31. The Morgan fingerprint density at radius 3 is 1.39 bits per heavy atom. The summed E-state index contributed by atoms with van der Waals surface area (Å²) >= 11 is 14.1. The number of unbranched alkanes of at least 4 members (excludes halogenated alkanes) is 3. The van der Waals surface area contributed by atoms with Crippen molar-refractivity contribution in [2.75, 3.05) is 13.2 Å². The van der Waals surface area contributed by atoms with Crippen LogP contribution in [0.3, 0.4) is 0 Å². The molecule has 7 aromatic carbocycles. The molecule has 0 saturated heterocycles. The fraction of sp³-hybridized carbons (Fsp3) is 0.477. The Balaban J connectivity index is 0.989. The number of aryl methyl sites for hydroxylation is 2. The molecule has 10 rings (SSSR count). The maximum absolute atomic E-state index is 14.2. The number of aromatic nitrogens is 2. The molecule has 0 saturated carbocycles. The molecule has 1 aliphatic rings. The Morgan fingerprint density at radius 2 is 0.917 bits per heavy atom. The summed E-state index contributed by atoms with van der Waals surface area (Å²) in [7, 11) is 0. The molecule has 512 valence electrons. The van der Waals surface area contributed by atoms with Gasteiger partial charge in [-0.1, -0.05) is 218 Å². The van der Waals surface area contributed by atoms with Crippen LogP contribution in [0.15, 0.2) is 133 Å². The van der Waals surface area contributed by atoms with E-state index in [-0.39, 0.29) is 49.1 Å². The summed E-state index contributed by atoms with van der Waals surface area (Å²) in [6.45, 7) is 55.3. The molecule has 0 amide bonds. The van der Waals surface area contributed by atoms with Crippen LogP contribution >= 0.6 is 23.2 Å². The lowest BCUT2D eigenvalue weighted by Gasteiger charge is -2.44. The van der Waals surface area contributed by atoms with Crippen molar-refractivity contribution in [3.63, 3.8) is 0 Å². The number of nitrogens with zero attached hydrogens (tertiary/aromatic N) is 2. The molecular formula is C88H112Cl2N2O4. The number of phenolic OH excluding ortho intramolecular Hbond substituents is 1. The fourth-order valence-electron chi connectivity index (χ4n) is 15.6. The Labute approximate surface area is 586 Å². The largest absolute Gasteiger partial charge is 0.505 e. The van der Waals surface area contributed by atoms with Crippen molar-refractivity contribution in [3.8, 4) is 28.3 Å². The fourth-order valence-corrected chi connectivity index (χ4v) is 16.2. The van der Waals surface area contributed by atoms with Gasteiger partial charge in [0.15, 0.2) is 0 Å². The zero-order valence-corrected chi connectivity index (χ0v) is 64.2. The van der Waals surface area contributed by atoms with Crippen LogP contribution in [0.1, 0.15) is 241 Å². The zero-order chi connectivity index (χ0) is 70.6. The summed E-state index contributed by atoms with van der Waals surface area (Å²) in [5, 5.41) is 33.2. The van der Waals surface area contributed by atoms with Gasteiger partial charge in [0.25, 0.3) is 0 Å². The molecule has 96 heavy (non-hydrogen) atoms. The number of ether oxygens (including phenoxy) is 2. The average Bonchev–Trinajstić information content (AvgIpc) is 1.50. The van der Waals surface area contributed by atoms with Gasteiger partial charge in [0.05, 0.1) is 29.9 Å². The summed E-state index contributed by atoms with van der Waals surface area (Å²) in [4.78, 5) is 0. The molecule has 2 unspecified atom stereocenters. The number of fused-ring (bicyclic) bond motifs is 6. The molecule has 0 aliphatic heterocycles. The molecule has 2 heterocycles. The number of allylic oxidation sites excluding steroid dienone is 2. The van der Waals surface area contributed by atoms with Gasteiger partial charge < -0.3 is 28.8 Å². The van der Waals surface area contributed by atoms with Gasteiger partial charge in [0.2, 0.25) is 5.79 Å². The van der Waals surface area contributed by atoms with E-state index in [1.54, 1.807) is 0 Å². The van der Waals surface area contributed by atoms with Crippen LogP contribution in [0.4, 0.5) is 0 Å². The molecule has 0 fully saturated rings. The summed E-state index contributed by atoms with van der Waals surface area (Å²) in [6.07, 6.45) is 9.53. The average molecular weight is 1330 g/mol. The minimum atomic E-state index is -1.81. The van der Waals surface area contributed by atoms with E-state index in [1.807, 2.05) is 31.2 Å². The number of hydrogen-bond acceptors (Lipinski definition) is 4. The molecule has 9 aromatic rings. The molecule has 0 spiro atoms. The van der Waals surface area contributed by atoms with E-state index in [0.717, 1.165) is 115 Å². The third-order valence-electron chi connectivity index (χ3n) is 20.1. The SMILES string of the molecule is Cc1cc(Cl)cc(C2=CC(C(C)(C)CC(C)(C)C)=CC(n3c4ccc(C(C)(C)C)cc4c4cc(C(C)(C)C)ccc43)C2(O)OCCCCCCOc2c(C)cc(Cl)cc2-c2cc(C(C)(C)CC(C)(C)C)cc(-n3c4ccc(C(C)(C)C)cc4c4cc(C(C)(C)C)ccc43)c2O)c1. The minimum Gasteiger partial charge on any atom is -0.505 e.